The van der Waals surface area contributed by atoms with Crippen molar-refractivity contribution in [2.45, 2.75) is 44.8 Å². The number of piperidine rings is 3. The number of methoxy groups -OCH3 is 1. The number of nitrogens with one attached hydrogen (secondary N) is 1. The van der Waals surface area contributed by atoms with Crippen LogP contribution in [0.15, 0.2) is 36.7 Å². The summed E-state index contributed by atoms with van der Waals surface area (Å²) in [5, 5.41) is 3.05. The largest absolute Gasteiger partial charge is 0.490 e. The van der Waals surface area contributed by atoms with Gasteiger partial charge in [0.05, 0.1) is 24.5 Å². The van der Waals surface area contributed by atoms with E-state index in [-0.39, 0.29) is 12.2 Å². The second-order valence-electron chi connectivity index (χ2n) is 9.35. The first-order chi connectivity index (χ1) is 15.9. The van der Waals surface area contributed by atoms with Crippen molar-refractivity contribution >= 4 is 6.09 Å². The van der Waals surface area contributed by atoms with Crippen LogP contribution in [-0.2, 0) is 15.0 Å². The second-order valence-corrected chi connectivity index (χ2v) is 9.35. The number of amides is 1. The molecule has 3 fully saturated rings. The Hall–Kier alpha value is -2.71. The average molecular weight is 455 g/mol. The van der Waals surface area contributed by atoms with Gasteiger partial charge < -0.3 is 19.5 Å². The predicted molar refractivity (Wildman–Crippen MR) is 125 cm³/mol. The molecule has 1 N–H and O–H groups in total. The van der Waals surface area contributed by atoms with E-state index in [1.165, 1.54) is 0 Å². The lowest BCUT2D eigenvalue weighted by Gasteiger charge is -2.44. The summed E-state index contributed by atoms with van der Waals surface area (Å²) < 4.78 is 16.5. The molecular formula is C25H34N4O4. The Balaban J connectivity index is 1.37. The van der Waals surface area contributed by atoms with E-state index in [4.69, 9.17) is 14.2 Å². The molecule has 3 aliphatic heterocycles. The molecule has 4 heterocycles. The number of hydrogen-bond donors (Lipinski definition) is 1. The fourth-order valence-corrected chi connectivity index (χ4v) is 4.52. The maximum absolute atomic E-state index is 12.7. The normalized spacial score (nSPS) is 22.1. The van der Waals surface area contributed by atoms with Crippen LogP contribution in [0.4, 0.5) is 4.79 Å². The fourth-order valence-electron chi connectivity index (χ4n) is 4.52. The Morgan fingerprint density at radius 2 is 1.94 bits per heavy atom. The standard InChI is InChI=1S/C25H34N4O4/c1-25(2,28-24(30)33-22-17-29-10-8-18(22)9-11-29)20-7-4-6-19(14-20)23-26-15-21(16-27-23)32-13-5-12-31-3/h4,6-7,14-16,18,22H,5,8-13,17H2,1-3H3,(H,28,30). The van der Waals surface area contributed by atoms with Crippen LogP contribution in [0.5, 0.6) is 5.75 Å². The zero-order chi connectivity index (χ0) is 23.3. The first-order valence-corrected chi connectivity index (χ1v) is 11.7. The third-order valence-corrected chi connectivity index (χ3v) is 6.50. The number of ether oxygens (including phenoxy) is 3. The van der Waals surface area contributed by atoms with E-state index >= 15 is 0 Å². The van der Waals surface area contributed by atoms with Crippen molar-refractivity contribution in [2.75, 3.05) is 40.0 Å². The van der Waals surface area contributed by atoms with Crippen molar-refractivity contribution in [3.05, 3.63) is 42.2 Å². The monoisotopic (exact) mass is 454 g/mol. The SMILES string of the molecule is COCCCOc1cnc(-c2cccc(C(C)(C)NC(=O)OC3CN4CCC3CC4)c2)nc1. The van der Waals surface area contributed by atoms with Crippen LogP contribution in [0.1, 0.15) is 38.7 Å². The molecule has 0 radical (unpaired) electrons. The molecule has 1 unspecified atom stereocenters. The minimum atomic E-state index is -0.606. The van der Waals surface area contributed by atoms with Gasteiger partial charge in [0, 0.05) is 32.2 Å². The second kappa shape index (κ2) is 10.5. The summed E-state index contributed by atoms with van der Waals surface area (Å²) in [6.07, 6.45) is 6.01. The van der Waals surface area contributed by atoms with Crippen molar-refractivity contribution in [2.24, 2.45) is 5.92 Å². The molecule has 2 aromatic rings. The van der Waals surface area contributed by atoms with Crippen LogP contribution in [-0.4, -0.2) is 67.0 Å². The highest BCUT2D eigenvalue weighted by atomic mass is 16.6. The molecule has 0 saturated carbocycles. The highest BCUT2D eigenvalue weighted by Gasteiger charge is 2.37. The molecule has 178 valence electrons. The molecule has 1 aromatic carbocycles. The molecule has 33 heavy (non-hydrogen) atoms. The van der Waals surface area contributed by atoms with Crippen molar-refractivity contribution in [3.8, 4) is 17.1 Å². The number of carbonyl (C=O) groups excluding carboxylic acids is 1. The van der Waals surface area contributed by atoms with Crippen LogP contribution in [0.3, 0.4) is 0 Å². The molecule has 8 nitrogen and oxygen atoms in total. The summed E-state index contributed by atoms with van der Waals surface area (Å²) in [5.74, 6) is 1.71. The summed E-state index contributed by atoms with van der Waals surface area (Å²) in [6, 6.07) is 7.90. The molecule has 3 aliphatic rings. The summed E-state index contributed by atoms with van der Waals surface area (Å²) in [7, 11) is 1.67. The molecule has 8 heteroatoms. The van der Waals surface area contributed by atoms with E-state index in [1.807, 2.05) is 38.1 Å². The summed E-state index contributed by atoms with van der Waals surface area (Å²) >= 11 is 0. The number of fused-ring (bicyclic) bond motifs is 3. The van der Waals surface area contributed by atoms with Gasteiger partial charge in [0.2, 0.25) is 0 Å². The summed E-state index contributed by atoms with van der Waals surface area (Å²) in [5.41, 5.74) is 1.22. The van der Waals surface area contributed by atoms with Gasteiger partial charge in [-0.15, -0.1) is 0 Å². The van der Waals surface area contributed by atoms with E-state index in [0.717, 1.165) is 50.0 Å². The van der Waals surface area contributed by atoms with Gasteiger partial charge >= 0.3 is 6.09 Å². The van der Waals surface area contributed by atoms with Crippen molar-refractivity contribution in [1.29, 1.82) is 0 Å². The predicted octanol–water partition coefficient (Wildman–Crippen LogP) is 3.61. The van der Waals surface area contributed by atoms with E-state index in [1.54, 1.807) is 19.5 Å². The third kappa shape index (κ3) is 6.00. The first kappa shape index (κ1) is 23.4. The highest BCUT2D eigenvalue weighted by Crippen LogP contribution is 2.30. The number of alkyl carbamates (subject to hydrolysis) is 1. The van der Waals surface area contributed by atoms with E-state index in [2.05, 4.69) is 20.2 Å². The van der Waals surface area contributed by atoms with Crippen molar-refractivity contribution < 1.29 is 19.0 Å². The lowest BCUT2D eigenvalue weighted by molar-refractivity contribution is -0.0349. The van der Waals surface area contributed by atoms with Gasteiger partial charge in [0.25, 0.3) is 0 Å². The minimum Gasteiger partial charge on any atom is -0.490 e. The van der Waals surface area contributed by atoms with Gasteiger partial charge in [-0.1, -0.05) is 18.2 Å². The van der Waals surface area contributed by atoms with Gasteiger partial charge in [0.1, 0.15) is 6.10 Å². The number of aromatic nitrogens is 2. The molecule has 2 bridgehead atoms. The zero-order valence-electron chi connectivity index (χ0n) is 19.8. The third-order valence-electron chi connectivity index (χ3n) is 6.50. The summed E-state index contributed by atoms with van der Waals surface area (Å²) in [6.45, 7) is 8.24. The lowest BCUT2D eigenvalue weighted by atomic mass is 9.86. The number of benzene rings is 1. The Kier molecular flexibility index (Phi) is 7.45. The van der Waals surface area contributed by atoms with E-state index in [0.29, 0.717) is 30.7 Å². The molecule has 3 saturated heterocycles. The molecule has 1 amide bonds. The van der Waals surface area contributed by atoms with Crippen LogP contribution < -0.4 is 10.1 Å². The molecule has 0 aliphatic carbocycles. The van der Waals surface area contributed by atoms with Crippen LogP contribution in [0.2, 0.25) is 0 Å². The quantitative estimate of drug-likeness (QED) is 0.579. The first-order valence-electron chi connectivity index (χ1n) is 11.7. The van der Waals surface area contributed by atoms with Gasteiger partial charge in [-0.25, -0.2) is 14.8 Å². The number of hydrogen-bond acceptors (Lipinski definition) is 7. The minimum absolute atomic E-state index is 0.0155. The smallest absolute Gasteiger partial charge is 0.408 e. The van der Waals surface area contributed by atoms with Gasteiger partial charge in [-0.3, -0.25) is 4.90 Å². The topological polar surface area (TPSA) is 85.8 Å². The van der Waals surface area contributed by atoms with E-state index in [9.17, 15) is 4.79 Å². The van der Waals surface area contributed by atoms with E-state index < -0.39 is 5.54 Å². The van der Waals surface area contributed by atoms with Crippen LogP contribution in [0.25, 0.3) is 11.4 Å². The van der Waals surface area contributed by atoms with Crippen LogP contribution >= 0.6 is 0 Å². The molecule has 1 atom stereocenters. The number of carbonyl (C=O) groups is 1. The van der Waals surface area contributed by atoms with Gasteiger partial charge in [-0.05, 0) is 57.3 Å². The van der Waals surface area contributed by atoms with Crippen molar-refractivity contribution in [1.82, 2.24) is 20.2 Å². The Morgan fingerprint density at radius 3 is 2.61 bits per heavy atom. The average Bonchev–Trinajstić information content (AvgIpc) is 2.83. The Bertz CT molecular complexity index is 926. The Labute approximate surface area is 195 Å². The van der Waals surface area contributed by atoms with Crippen LogP contribution in [0, 0.1) is 5.92 Å². The molecular weight excluding hydrogens is 420 g/mol. The zero-order valence-corrected chi connectivity index (χ0v) is 19.8. The number of rotatable bonds is 9. The lowest BCUT2D eigenvalue weighted by Crippen LogP contribution is -2.53. The van der Waals surface area contributed by atoms with Gasteiger partial charge in [-0.2, -0.15) is 0 Å². The molecule has 0 spiro atoms. The number of nitrogens with zero attached hydrogens (tertiary/aromatic N) is 3. The van der Waals surface area contributed by atoms with Gasteiger partial charge in [0.15, 0.2) is 11.6 Å². The molecule has 5 rings (SSSR count). The Morgan fingerprint density at radius 1 is 1.18 bits per heavy atom. The fraction of sp³-hybridized carbons (Fsp3) is 0.560. The molecule has 1 aromatic heterocycles. The maximum Gasteiger partial charge on any atom is 0.408 e. The van der Waals surface area contributed by atoms with Crippen molar-refractivity contribution in [3.63, 3.8) is 0 Å². The highest BCUT2D eigenvalue weighted by molar-refractivity contribution is 5.69. The maximum atomic E-state index is 12.7. The summed E-state index contributed by atoms with van der Waals surface area (Å²) in [4.78, 5) is 24.0.